The van der Waals surface area contributed by atoms with Crippen molar-refractivity contribution < 1.29 is 0 Å². The van der Waals surface area contributed by atoms with Crippen LogP contribution >= 0.6 is 5.51 Å². The van der Waals surface area contributed by atoms with Gasteiger partial charge in [-0.25, -0.2) is 0 Å². The molecule has 0 saturated carbocycles. The van der Waals surface area contributed by atoms with Gasteiger partial charge in [0.1, 0.15) is 0 Å². The summed E-state index contributed by atoms with van der Waals surface area (Å²) in [6.07, 6.45) is 4.93. The molecule has 0 spiro atoms. The van der Waals surface area contributed by atoms with Crippen molar-refractivity contribution in [3.05, 3.63) is 71.8 Å². The quantitative estimate of drug-likeness (QED) is 0.458. The maximum absolute atomic E-state index is 5.82. The molecule has 0 fully saturated rings. The van der Waals surface area contributed by atoms with Crippen molar-refractivity contribution in [3.8, 4) is 0 Å². The first-order valence-electron chi connectivity index (χ1n) is 8.91. The number of nitrogens with two attached hydrogens (primary N) is 1. The van der Waals surface area contributed by atoms with Crippen LogP contribution in [0.5, 0.6) is 0 Å². The number of hydrogen-bond donors (Lipinski definition) is 1. The first-order chi connectivity index (χ1) is 11.5. The van der Waals surface area contributed by atoms with Gasteiger partial charge in [-0.15, -0.1) is 0 Å². The van der Waals surface area contributed by atoms with Crippen molar-refractivity contribution in [1.82, 2.24) is 0 Å². The second-order valence-electron chi connectivity index (χ2n) is 6.91. The monoisotopic (exact) mass is 407 g/mol. The predicted molar refractivity (Wildman–Crippen MR) is 111 cm³/mol. The van der Waals surface area contributed by atoms with Crippen molar-refractivity contribution in [2.24, 2.45) is 5.73 Å². The van der Waals surface area contributed by atoms with Gasteiger partial charge in [0.05, 0.1) is 0 Å². The van der Waals surface area contributed by atoms with E-state index in [0.29, 0.717) is 11.8 Å². The zero-order chi connectivity index (χ0) is 17.4. The van der Waals surface area contributed by atoms with E-state index in [0.717, 1.165) is 13.0 Å². The summed E-state index contributed by atoms with van der Waals surface area (Å²) in [5.41, 5.74) is 7.60. The molecule has 130 valence electrons. The summed E-state index contributed by atoms with van der Waals surface area (Å²) in [6, 6.07) is 21.9. The van der Waals surface area contributed by atoms with E-state index < -0.39 is 5.51 Å². The second-order valence-corrected chi connectivity index (χ2v) is 15.1. The molecular weight excluding hydrogens is 376 g/mol. The zero-order valence-electron chi connectivity index (χ0n) is 14.9. The molecule has 0 heterocycles. The van der Waals surface area contributed by atoms with E-state index in [-0.39, 0.29) is 0 Å². The first kappa shape index (κ1) is 19.7. The summed E-state index contributed by atoms with van der Waals surface area (Å²) in [4.78, 5) is 0. The van der Waals surface area contributed by atoms with Crippen molar-refractivity contribution in [2.75, 3.05) is 25.0 Å². The molecule has 0 aliphatic heterocycles. The molecule has 2 rings (SSSR count). The number of rotatable bonds is 9. The summed E-state index contributed by atoms with van der Waals surface area (Å²) >= 11 is 3.68. The average Bonchev–Trinajstić information content (AvgIpc) is 2.61. The van der Waals surface area contributed by atoms with Gasteiger partial charge in [0.15, 0.2) is 0 Å². The van der Waals surface area contributed by atoms with Crippen LogP contribution in [0.1, 0.15) is 43.2 Å². The summed E-state index contributed by atoms with van der Waals surface area (Å²) in [6.45, 7) is 5.54. The van der Waals surface area contributed by atoms with Gasteiger partial charge in [-0.05, 0) is 0 Å². The molecule has 2 N–H and O–H groups in total. The van der Waals surface area contributed by atoms with Crippen LogP contribution < -0.4 is 5.73 Å². The van der Waals surface area contributed by atoms with Crippen LogP contribution in [0.15, 0.2) is 60.7 Å². The van der Waals surface area contributed by atoms with Gasteiger partial charge < -0.3 is 0 Å². The van der Waals surface area contributed by atoms with Crippen LogP contribution in [-0.4, -0.2) is 40.1 Å². The zero-order valence-corrected chi connectivity index (χ0v) is 17.5. The fourth-order valence-corrected chi connectivity index (χ4v) is 10.7. The minimum atomic E-state index is -1.13. The van der Waals surface area contributed by atoms with Crippen LogP contribution in [0, 0.1) is 0 Å². The summed E-state index contributed by atoms with van der Waals surface area (Å²) in [7, 11) is 0. The third kappa shape index (κ3) is 6.01. The van der Waals surface area contributed by atoms with Gasteiger partial charge in [0.2, 0.25) is 0 Å². The number of benzene rings is 2. The summed E-state index contributed by atoms with van der Waals surface area (Å²) < 4.78 is 0. The van der Waals surface area contributed by atoms with Gasteiger partial charge >= 0.3 is 155 Å². The topological polar surface area (TPSA) is 26.0 Å². The van der Waals surface area contributed by atoms with E-state index in [4.69, 9.17) is 5.73 Å². The molecule has 0 radical (unpaired) electrons. The van der Waals surface area contributed by atoms with Gasteiger partial charge in [-0.2, -0.15) is 0 Å². The minimum absolute atomic E-state index is 0.599. The maximum atomic E-state index is 5.82. The molecule has 24 heavy (non-hydrogen) atoms. The van der Waals surface area contributed by atoms with Crippen LogP contribution in [0.25, 0.3) is 0 Å². The molecule has 0 aromatic heterocycles. The van der Waals surface area contributed by atoms with Gasteiger partial charge in [0, 0.05) is 0 Å². The molecule has 1 nitrogen and oxygen atoms in total. The Hall–Kier alpha value is -0.651. The van der Waals surface area contributed by atoms with Crippen molar-refractivity contribution in [1.29, 1.82) is 0 Å². The van der Waals surface area contributed by atoms with E-state index in [9.17, 15) is 0 Å². The van der Waals surface area contributed by atoms with Crippen molar-refractivity contribution in [3.63, 3.8) is 0 Å². The predicted octanol–water partition coefficient (Wildman–Crippen LogP) is 5.04. The molecule has 0 aliphatic rings. The van der Waals surface area contributed by atoms with E-state index in [2.05, 4.69) is 89.6 Å². The molecule has 2 aromatic rings. The van der Waals surface area contributed by atoms with Gasteiger partial charge in [0.25, 0.3) is 0 Å². The molecule has 2 aromatic carbocycles. The number of hydrogen-bond acceptors (Lipinski definition) is 1. The molecule has 2 unspecified atom stereocenters. The van der Waals surface area contributed by atoms with Gasteiger partial charge in [-0.3, -0.25) is 0 Å². The van der Waals surface area contributed by atoms with E-state index >= 15 is 0 Å². The van der Waals surface area contributed by atoms with Crippen LogP contribution in [0.3, 0.4) is 0 Å². The average molecular weight is 406 g/mol. The van der Waals surface area contributed by atoms with Crippen LogP contribution in [0.4, 0.5) is 0 Å². The van der Waals surface area contributed by atoms with Crippen LogP contribution in [0.2, 0.25) is 0 Å². The fraction of sp³-hybridized carbons (Fsp3) is 0.429. The van der Waals surface area contributed by atoms with Crippen LogP contribution in [-0.2, 0) is 0 Å². The summed E-state index contributed by atoms with van der Waals surface area (Å²) in [5.74, 6) is 1.20. The van der Waals surface area contributed by atoms with E-state index in [1.54, 1.807) is 0 Å². The summed E-state index contributed by atoms with van der Waals surface area (Å²) in [5, 5.41) is 0. The molecule has 3 heteroatoms. The van der Waals surface area contributed by atoms with Crippen molar-refractivity contribution in [2.45, 2.75) is 32.1 Å². The normalized spacial score (nSPS) is 16.3. The molecule has 0 bridgehead atoms. The van der Waals surface area contributed by atoms with Crippen molar-refractivity contribution >= 4 is 20.6 Å². The molecule has 0 aliphatic carbocycles. The molecule has 0 saturated heterocycles. The Morgan fingerprint density at radius 2 is 1.25 bits per heavy atom. The Morgan fingerprint density at radius 1 is 0.833 bits per heavy atom. The SMILES string of the molecule is CC(CP(=[Se])(CCCN)CC(C)c1ccccc1)c1ccccc1. The molecular formula is C21H30NPSe. The molecule has 0 amide bonds. The van der Waals surface area contributed by atoms with Gasteiger partial charge in [-0.1, -0.05) is 0 Å². The molecule has 2 atom stereocenters. The third-order valence-corrected chi connectivity index (χ3v) is 11.3. The van der Waals surface area contributed by atoms with E-state index in [1.807, 2.05) is 0 Å². The Kier molecular flexibility index (Phi) is 7.98. The first-order valence-corrected chi connectivity index (χ1v) is 13.5. The Bertz CT molecular complexity index is 590. The Labute approximate surface area is 155 Å². The Morgan fingerprint density at radius 3 is 1.62 bits per heavy atom. The fourth-order valence-electron chi connectivity index (χ4n) is 3.41. The standard InChI is InChI=1S/C21H30NPSe/c1-18(20-10-5-3-6-11-20)16-23(24,15-9-14-22)17-19(2)21-12-7-4-8-13-21/h3-8,10-13,18-19H,9,14-17,22H2,1-2H3. The second kappa shape index (κ2) is 9.73. The van der Waals surface area contributed by atoms with E-state index in [1.165, 1.54) is 29.6 Å². The Balaban J connectivity index is 2.11. The third-order valence-electron chi connectivity index (χ3n) is 4.72.